The Kier molecular flexibility index (Phi) is 6.04. The maximum absolute atomic E-state index is 11.3. The van der Waals surface area contributed by atoms with Crippen molar-refractivity contribution in [1.29, 1.82) is 10.5 Å². The normalized spacial score (nSPS) is 9.68. The molecule has 1 rings (SSSR count). The van der Waals surface area contributed by atoms with E-state index < -0.39 is 0 Å². The number of carbonyl (C=O) groups is 1. The highest BCUT2D eigenvalue weighted by atomic mass is 16.2. The van der Waals surface area contributed by atoms with Crippen molar-refractivity contribution in [3.8, 4) is 12.1 Å². The van der Waals surface area contributed by atoms with Crippen LogP contribution in [0.25, 0.3) is 0 Å². The fourth-order valence-electron chi connectivity index (χ4n) is 1.72. The molecule has 0 saturated carbocycles. The minimum absolute atomic E-state index is 0.172. The molecule has 0 saturated heterocycles. The fourth-order valence-corrected chi connectivity index (χ4v) is 1.72. The van der Waals surface area contributed by atoms with Crippen molar-refractivity contribution in [2.24, 2.45) is 5.84 Å². The van der Waals surface area contributed by atoms with Crippen molar-refractivity contribution >= 4 is 5.91 Å². The van der Waals surface area contributed by atoms with Gasteiger partial charge >= 0.3 is 0 Å². The van der Waals surface area contributed by atoms with Crippen LogP contribution in [0.1, 0.15) is 11.1 Å². The minimum atomic E-state index is -0.278. The molecule has 0 aromatic heterocycles. The van der Waals surface area contributed by atoms with Gasteiger partial charge in [-0.1, -0.05) is 24.3 Å². The quantitative estimate of drug-likeness (QED) is 0.324. The van der Waals surface area contributed by atoms with E-state index in [0.29, 0.717) is 6.54 Å². The number of amides is 1. The first-order valence-electron chi connectivity index (χ1n) is 5.73. The molecule has 0 aliphatic carbocycles. The second-order valence-electron chi connectivity index (χ2n) is 3.97. The largest absolute Gasteiger partial charge is 0.294 e. The zero-order valence-corrected chi connectivity index (χ0v) is 10.5. The molecule has 0 bridgehead atoms. The molecule has 0 aliphatic heterocycles. The van der Waals surface area contributed by atoms with Crippen LogP contribution in [0.5, 0.6) is 0 Å². The molecule has 6 heteroatoms. The molecule has 1 aromatic carbocycles. The molecule has 6 nitrogen and oxygen atoms in total. The fraction of sp³-hybridized carbons (Fsp3) is 0.308. The molecular formula is C13H15N5O. The van der Waals surface area contributed by atoms with E-state index >= 15 is 0 Å². The van der Waals surface area contributed by atoms with Crippen molar-refractivity contribution < 1.29 is 4.79 Å². The van der Waals surface area contributed by atoms with E-state index in [2.05, 4.69) is 5.43 Å². The highest BCUT2D eigenvalue weighted by molar-refractivity contribution is 5.78. The molecule has 0 atom stereocenters. The molecule has 0 fully saturated rings. The van der Waals surface area contributed by atoms with Crippen molar-refractivity contribution in [1.82, 2.24) is 10.3 Å². The second kappa shape index (κ2) is 7.83. The van der Waals surface area contributed by atoms with Gasteiger partial charge in [-0.2, -0.15) is 10.5 Å². The number of nitrogens with zero attached hydrogens (tertiary/aromatic N) is 3. The van der Waals surface area contributed by atoms with Crippen LogP contribution in [0.2, 0.25) is 0 Å². The molecule has 0 heterocycles. The van der Waals surface area contributed by atoms with Crippen LogP contribution in [-0.4, -0.2) is 23.9 Å². The number of carbonyl (C=O) groups excluding carboxylic acids is 1. The summed E-state index contributed by atoms with van der Waals surface area (Å²) in [4.78, 5) is 13.0. The minimum Gasteiger partial charge on any atom is -0.294 e. The number of hydrogen-bond acceptors (Lipinski definition) is 5. The Bertz CT molecular complexity index is 499. The van der Waals surface area contributed by atoms with Crippen LogP contribution in [0.4, 0.5) is 0 Å². The molecule has 1 amide bonds. The summed E-state index contributed by atoms with van der Waals surface area (Å²) in [6.45, 7) is 0.797. The van der Waals surface area contributed by atoms with Gasteiger partial charge in [-0.05, 0) is 11.1 Å². The lowest BCUT2D eigenvalue weighted by atomic mass is 10.0. The van der Waals surface area contributed by atoms with Crippen molar-refractivity contribution in [2.75, 3.05) is 13.1 Å². The van der Waals surface area contributed by atoms with Gasteiger partial charge in [0.15, 0.2) is 0 Å². The summed E-state index contributed by atoms with van der Waals surface area (Å²) in [7, 11) is 0. The average Bonchev–Trinajstić information content (AvgIpc) is 2.41. The molecule has 0 unspecified atom stereocenters. The predicted molar refractivity (Wildman–Crippen MR) is 69.0 cm³/mol. The van der Waals surface area contributed by atoms with Crippen LogP contribution < -0.4 is 11.3 Å². The molecule has 98 valence electrons. The summed E-state index contributed by atoms with van der Waals surface area (Å²) >= 11 is 0. The Labute approximate surface area is 112 Å². The summed E-state index contributed by atoms with van der Waals surface area (Å²) in [5.74, 6) is 4.79. The van der Waals surface area contributed by atoms with Crippen molar-refractivity contribution in [2.45, 2.75) is 13.0 Å². The Morgan fingerprint density at radius 1 is 1.21 bits per heavy atom. The van der Waals surface area contributed by atoms with Gasteiger partial charge in [0.25, 0.3) is 0 Å². The molecule has 0 radical (unpaired) electrons. The van der Waals surface area contributed by atoms with E-state index in [1.54, 1.807) is 4.90 Å². The van der Waals surface area contributed by atoms with Crippen LogP contribution in [0.15, 0.2) is 24.3 Å². The SMILES string of the molecule is N#CCN(CC#N)Cc1ccccc1CC(=O)NN. The molecule has 19 heavy (non-hydrogen) atoms. The van der Waals surface area contributed by atoms with Gasteiger partial charge in [0, 0.05) is 6.54 Å². The van der Waals surface area contributed by atoms with E-state index in [-0.39, 0.29) is 25.4 Å². The summed E-state index contributed by atoms with van der Waals surface area (Å²) < 4.78 is 0. The summed E-state index contributed by atoms with van der Waals surface area (Å²) in [6, 6.07) is 11.4. The average molecular weight is 257 g/mol. The maximum Gasteiger partial charge on any atom is 0.238 e. The Hall–Kier alpha value is -2.41. The smallest absolute Gasteiger partial charge is 0.238 e. The number of hydrazine groups is 1. The molecule has 0 aliphatic rings. The van der Waals surface area contributed by atoms with Crippen LogP contribution >= 0.6 is 0 Å². The molecule has 0 spiro atoms. The van der Waals surface area contributed by atoms with E-state index in [9.17, 15) is 4.79 Å². The first-order valence-corrected chi connectivity index (χ1v) is 5.73. The zero-order chi connectivity index (χ0) is 14.1. The van der Waals surface area contributed by atoms with E-state index in [1.165, 1.54) is 0 Å². The number of nitriles is 2. The second-order valence-corrected chi connectivity index (χ2v) is 3.97. The third kappa shape index (κ3) is 4.76. The number of nitrogens with two attached hydrogens (primary N) is 1. The number of benzene rings is 1. The Morgan fingerprint density at radius 3 is 2.32 bits per heavy atom. The summed E-state index contributed by atoms with van der Waals surface area (Å²) in [6.07, 6.45) is 0.180. The van der Waals surface area contributed by atoms with Crippen molar-refractivity contribution in [3.63, 3.8) is 0 Å². The van der Waals surface area contributed by atoms with Gasteiger partial charge < -0.3 is 0 Å². The van der Waals surface area contributed by atoms with Gasteiger partial charge in [0.2, 0.25) is 5.91 Å². The zero-order valence-electron chi connectivity index (χ0n) is 10.5. The number of rotatable bonds is 6. The van der Waals surface area contributed by atoms with Gasteiger partial charge in [0.1, 0.15) is 0 Å². The molecule has 3 N–H and O–H groups in total. The lowest BCUT2D eigenvalue weighted by molar-refractivity contribution is -0.120. The molecule has 1 aromatic rings. The lowest BCUT2D eigenvalue weighted by Gasteiger charge is -2.17. The van der Waals surface area contributed by atoms with E-state index in [1.807, 2.05) is 36.4 Å². The van der Waals surface area contributed by atoms with E-state index in [4.69, 9.17) is 16.4 Å². The van der Waals surface area contributed by atoms with Crippen LogP contribution in [-0.2, 0) is 17.8 Å². The van der Waals surface area contributed by atoms with Crippen LogP contribution in [0.3, 0.4) is 0 Å². The van der Waals surface area contributed by atoms with Gasteiger partial charge in [-0.15, -0.1) is 0 Å². The lowest BCUT2D eigenvalue weighted by Crippen LogP contribution is -2.32. The number of nitrogens with one attached hydrogen (secondary N) is 1. The molecular weight excluding hydrogens is 242 g/mol. The van der Waals surface area contributed by atoms with Gasteiger partial charge in [0.05, 0.1) is 31.6 Å². The predicted octanol–water partition coefficient (Wildman–Crippen LogP) is 0.0682. The first-order chi connectivity index (χ1) is 9.21. The monoisotopic (exact) mass is 257 g/mol. The van der Waals surface area contributed by atoms with Crippen molar-refractivity contribution in [3.05, 3.63) is 35.4 Å². The highest BCUT2D eigenvalue weighted by Crippen LogP contribution is 2.12. The Morgan fingerprint density at radius 2 is 1.79 bits per heavy atom. The topological polar surface area (TPSA) is 106 Å². The maximum atomic E-state index is 11.3. The Balaban J connectivity index is 2.85. The summed E-state index contributed by atoms with van der Waals surface area (Å²) in [5, 5.41) is 17.4. The van der Waals surface area contributed by atoms with Gasteiger partial charge in [-0.3, -0.25) is 15.1 Å². The third-order valence-electron chi connectivity index (χ3n) is 2.61. The standard InChI is InChI=1S/C13H15N5O/c14-5-7-18(8-6-15)10-12-4-2-1-3-11(12)9-13(19)17-16/h1-4H,7-10,16H2,(H,17,19). The first kappa shape index (κ1) is 14.7. The highest BCUT2D eigenvalue weighted by Gasteiger charge is 2.10. The van der Waals surface area contributed by atoms with Crippen LogP contribution in [0, 0.1) is 22.7 Å². The number of hydrogen-bond donors (Lipinski definition) is 2. The summed E-state index contributed by atoms with van der Waals surface area (Å²) in [5.41, 5.74) is 3.84. The third-order valence-corrected chi connectivity index (χ3v) is 2.61. The van der Waals surface area contributed by atoms with E-state index in [0.717, 1.165) is 11.1 Å². The van der Waals surface area contributed by atoms with Gasteiger partial charge in [-0.25, -0.2) is 5.84 Å².